The Morgan fingerprint density at radius 2 is 0.933 bits per heavy atom. The number of carboxylic acid groups (broad SMARTS) is 3. The van der Waals surface area contributed by atoms with Crippen molar-refractivity contribution in [3.63, 3.8) is 0 Å². The van der Waals surface area contributed by atoms with Crippen LogP contribution >= 0.6 is 11.8 Å². The number of carbonyl (C=O) groups is 21. The van der Waals surface area contributed by atoms with Crippen LogP contribution in [0.25, 0.3) is 11.1 Å². The molecule has 2 fully saturated rings. The first-order valence-electron chi connectivity index (χ1n) is 49.6. The topological polar surface area (TPSA) is 759 Å². The number of aromatic carboxylic acids is 1. The average molecular weight is 2090 g/mol. The summed E-state index contributed by atoms with van der Waals surface area (Å²) in [7, 11) is 1.19. The Hall–Kier alpha value is -15.0. The summed E-state index contributed by atoms with van der Waals surface area (Å²) in [5, 5.41) is 68.6. The lowest BCUT2D eigenvalue weighted by molar-refractivity contribution is -0.143. The number of primary amides is 3. The molecular weight excluding hydrogens is 1950 g/mol. The minimum Gasteiger partial charge on any atom is -0.481 e. The van der Waals surface area contributed by atoms with Gasteiger partial charge in [0.1, 0.15) is 90.6 Å². The zero-order valence-corrected chi connectivity index (χ0v) is 85.5. The summed E-state index contributed by atoms with van der Waals surface area (Å²) in [6.07, 6.45) is -1.55. The molecule has 5 aromatic rings. The van der Waals surface area contributed by atoms with E-state index < -0.39 is 284 Å². The highest BCUT2D eigenvalue weighted by Crippen LogP contribution is 2.29. The van der Waals surface area contributed by atoms with Crippen molar-refractivity contribution in [1.82, 2.24) is 84.7 Å². The number of aliphatic carboxylic acids is 2. The fourth-order valence-electron chi connectivity index (χ4n) is 16.8. The van der Waals surface area contributed by atoms with E-state index in [0.29, 0.717) is 52.4 Å². The van der Waals surface area contributed by atoms with Crippen LogP contribution in [0.5, 0.6) is 0 Å². The molecule has 2 aliphatic rings. The van der Waals surface area contributed by atoms with Gasteiger partial charge in [-0.1, -0.05) is 181 Å². The number of hydrogen-bond donors (Lipinski definition) is 24. The van der Waals surface area contributed by atoms with Crippen LogP contribution in [-0.2, 0) is 123 Å². The number of aryl methyl sites for hydroxylation is 2. The minimum absolute atomic E-state index is 0.0279. The maximum atomic E-state index is 15.7. The number of nitrogens with zero attached hydrogens (tertiary/aromatic N) is 1. The SMILES string of the molecule is Cc1cccc(C[C@@H]2NC(=O)[C@H](CC(=O)O)NC(=O)[C@H](Cc3ccc(CCC(=O)O)cc3)NC(=O)[C@H](CNC(N)=O)NC(=O)CSC[C@@H](C(=O)N[C@@H](CCN)C(N)=O)NC(=O)[C@H](CCCN)NC(=O)[C@H](C(C)C)NC(=O)[C@H](CC3CCCCC3)NC(=O)[C@H](CCN)NC(=O)[C@@H](CC(C)C)NC(=O)[C@H](C)N(C)C(=O)[C@H](CCC(N)=O)NC(=O)[C@H](Cc3ccc(-c4ccccc4)cc3)NC(=O)[C@H](Cc3ccc(C(=O)O)cc3)NC2=O)c1. The molecule has 1 aliphatic carbocycles. The molecule has 1 heterocycles. The van der Waals surface area contributed by atoms with E-state index in [-0.39, 0.29) is 99.5 Å². The van der Waals surface area contributed by atoms with Crippen LogP contribution in [0.3, 0.4) is 0 Å². The van der Waals surface area contributed by atoms with Crippen LogP contribution < -0.4 is 114 Å². The number of hydrogen-bond acceptors (Lipinski definition) is 25. The van der Waals surface area contributed by atoms with Gasteiger partial charge in [-0.25, -0.2) is 9.59 Å². The number of amides is 19. The lowest BCUT2D eigenvalue weighted by Gasteiger charge is -2.32. The van der Waals surface area contributed by atoms with Gasteiger partial charge in [0.15, 0.2) is 0 Å². The zero-order chi connectivity index (χ0) is 110. The molecule has 47 heteroatoms. The number of nitrogens with one attached hydrogen (secondary N) is 15. The summed E-state index contributed by atoms with van der Waals surface area (Å²) in [5.74, 6) is -24.9. The number of rotatable bonds is 35. The number of likely N-dealkylation sites (N-methyl/N-ethyl adjacent to an activating group) is 1. The molecule has 0 radical (unpaired) electrons. The smallest absolute Gasteiger partial charge is 0.335 e. The molecule has 0 bridgehead atoms. The summed E-state index contributed by atoms with van der Waals surface area (Å²) in [6, 6.07) is 6.56. The summed E-state index contributed by atoms with van der Waals surface area (Å²) >= 11 is 0.643. The lowest BCUT2D eigenvalue weighted by atomic mass is 9.84. The lowest BCUT2D eigenvalue weighted by Crippen LogP contribution is -2.62. The van der Waals surface area contributed by atoms with Gasteiger partial charge >= 0.3 is 23.9 Å². The first kappa shape index (κ1) is 121. The normalized spacial score (nSPS) is 22.8. The van der Waals surface area contributed by atoms with E-state index in [1.807, 2.05) is 30.3 Å². The second-order valence-corrected chi connectivity index (χ2v) is 39.0. The monoisotopic (exact) mass is 2090 g/mol. The Morgan fingerprint density at radius 3 is 1.45 bits per heavy atom. The Kier molecular flexibility index (Phi) is 49.5. The van der Waals surface area contributed by atoms with Gasteiger partial charge in [-0.2, -0.15) is 0 Å². The molecule has 149 heavy (non-hydrogen) atoms. The number of benzene rings is 5. The van der Waals surface area contributed by atoms with Gasteiger partial charge in [-0.05, 0) is 154 Å². The van der Waals surface area contributed by atoms with Crippen LogP contribution in [0.15, 0.2) is 127 Å². The number of carboxylic acids is 3. The maximum Gasteiger partial charge on any atom is 0.335 e. The van der Waals surface area contributed by atoms with Crippen molar-refractivity contribution in [1.29, 1.82) is 0 Å². The quantitative estimate of drug-likeness (QED) is 0.0209. The van der Waals surface area contributed by atoms with E-state index in [0.717, 1.165) is 29.7 Å². The highest BCUT2D eigenvalue weighted by atomic mass is 32.2. The van der Waals surface area contributed by atoms with Gasteiger partial charge in [-0.15, -0.1) is 11.8 Å². The van der Waals surface area contributed by atoms with Crippen molar-refractivity contribution < 1.29 is 116 Å². The predicted molar refractivity (Wildman–Crippen MR) is 549 cm³/mol. The third kappa shape index (κ3) is 41.0. The van der Waals surface area contributed by atoms with Crippen LogP contribution in [0.4, 0.5) is 4.79 Å². The van der Waals surface area contributed by atoms with E-state index in [4.69, 9.17) is 34.4 Å². The molecule has 0 aromatic heterocycles. The molecule has 1 saturated heterocycles. The Labute approximate surface area is 867 Å². The van der Waals surface area contributed by atoms with E-state index in [2.05, 4.69) is 79.8 Å². The molecular formula is C102H142N22O24S. The largest absolute Gasteiger partial charge is 0.481 e. The van der Waals surface area contributed by atoms with Gasteiger partial charge in [0, 0.05) is 57.9 Å². The predicted octanol–water partition coefficient (Wildman–Crippen LogP) is -1.97. The minimum atomic E-state index is -2.21. The van der Waals surface area contributed by atoms with Crippen molar-refractivity contribution in [2.24, 2.45) is 52.2 Å². The molecule has 19 amide bonds. The first-order chi connectivity index (χ1) is 70.7. The Bertz CT molecular complexity index is 5480. The maximum absolute atomic E-state index is 15.7. The molecule has 0 spiro atoms. The second-order valence-electron chi connectivity index (χ2n) is 38.0. The van der Waals surface area contributed by atoms with E-state index in [9.17, 15) is 82.4 Å². The van der Waals surface area contributed by atoms with Crippen LogP contribution in [0.1, 0.15) is 175 Å². The summed E-state index contributed by atoms with van der Waals surface area (Å²) in [4.78, 5) is 302. The van der Waals surface area contributed by atoms with Gasteiger partial charge in [0.2, 0.25) is 100 Å². The average Bonchev–Trinajstić information content (AvgIpc) is 0.839. The molecule has 30 N–H and O–H groups in total. The van der Waals surface area contributed by atoms with E-state index in [1.165, 1.54) is 62.5 Å². The Morgan fingerprint density at radius 1 is 0.456 bits per heavy atom. The number of urea groups is 1. The van der Waals surface area contributed by atoms with Crippen LogP contribution in [-0.4, -0.2) is 280 Å². The van der Waals surface area contributed by atoms with Crippen LogP contribution in [0.2, 0.25) is 0 Å². The molecule has 1 saturated carbocycles. The van der Waals surface area contributed by atoms with Crippen LogP contribution in [0, 0.1) is 24.7 Å². The number of nitrogens with two attached hydrogens (primary N) is 6. The second kappa shape index (κ2) is 60.9. The molecule has 0 unspecified atom stereocenters. The van der Waals surface area contributed by atoms with Crippen molar-refractivity contribution in [2.45, 2.75) is 261 Å². The highest BCUT2D eigenvalue weighted by molar-refractivity contribution is 8.00. The summed E-state index contributed by atoms with van der Waals surface area (Å²) < 4.78 is 0. The molecule has 46 nitrogen and oxygen atoms in total. The van der Waals surface area contributed by atoms with Crippen molar-refractivity contribution in [3.8, 4) is 11.1 Å². The van der Waals surface area contributed by atoms with Gasteiger partial charge in [-0.3, -0.25) is 91.1 Å². The summed E-state index contributed by atoms with van der Waals surface area (Å²) in [5.41, 5.74) is 38.4. The van der Waals surface area contributed by atoms with E-state index >= 15 is 33.6 Å². The Balaban J connectivity index is 1.39. The fourth-order valence-corrected chi connectivity index (χ4v) is 17.7. The summed E-state index contributed by atoms with van der Waals surface area (Å²) in [6.45, 7) is 8.31. The fraction of sp³-hybridized carbons (Fsp3) is 0.500. The number of carbonyl (C=O) groups excluding carboxylic acids is 18. The molecule has 15 atom stereocenters. The van der Waals surface area contributed by atoms with E-state index in [1.54, 1.807) is 83.1 Å². The van der Waals surface area contributed by atoms with Crippen molar-refractivity contribution in [2.75, 3.05) is 44.7 Å². The zero-order valence-electron chi connectivity index (χ0n) is 84.6. The van der Waals surface area contributed by atoms with Gasteiger partial charge in [0.05, 0.1) is 17.7 Å². The van der Waals surface area contributed by atoms with Crippen molar-refractivity contribution >= 4 is 136 Å². The standard InChI is InChI=1S/C102H142N22O24S/c1-55(2)44-72-90(135)112-70(40-43-105)89(134)116-76(46-60-17-10-8-11-18-60)96(141)123-85(56(3)4)99(144)113-69(22-15-41-103)88(133)122-80(98(143)111-68(39-42-104)86(107)131)53-149-54-82(126)110-79(52-109-102(108)148)97(142)120-75(47-61-25-23-59(24-26-61)31-38-83(127)128)93(138)121-78(51-84(129)130)95(140)119-77(50-64-19-14-16-57(5)45-64)94(139)118-74(49-63-29-34-67(35-30-63)101(146)147)92(137)117-73(48-62-27-32-66(33-28-62)65-20-12-9-13-21-65)91(136)114-71(36-37-81(106)125)100(145)124(7)58(6)87(132)115-72/h9,12-14,16,19-21,23-30,32-35,45,55-56,58,60,68-80,85H,8,10-11,15,17-18,22,31,36-44,46-54,103-105H2,1-7H3,(H2,106,125)(H2,107,131)(H,110,126)(H,111,143)(H,112,135)(H,113,144)(H,114,136)(H,115,132)(H,116,134)(H,117,137)(H,118,139)(H,119,140)(H,120,142)(H,121,138)(H,122,133)(H,123,141)(H,127,128)(H,129,130)(H,146,147)(H3,108,109,148)/t58-,68-,69-,70-,71-,72+,73-,74-,75-,76-,77-,78-,79-,80-,85-/m0/s1. The molecule has 5 aromatic carbocycles. The molecule has 1 aliphatic heterocycles. The third-order valence-corrected chi connectivity index (χ3v) is 26.3. The molecule has 7 rings (SSSR count). The van der Waals surface area contributed by atoms with Gasteiger partial charge in [0.25, 0.3) is 0 Å². The highest BCUT2D eigenvalue weighted by Gasteiger charge is 2.42. The third-order valence-electron chi connectivity index (χ3n) is 25.2. The van der Waals surface area contributed by atoms with Gasteiger partial charge < -0.3 is 134 Å². The molecule has 810 valence electrons. The first-order valence-corrected chi connectivity index (χ1v) is 50.7. The van der Waals surface area contributed by atoms with Crippen molar-refractivity contribution in [3.05, 3.63) is 166 Å². The number of thioether (sulfide) groups is 1.